The first-order valence-electron chi connectivity index (χ1n) is 5.44. The molecule has 1 amide bonds. The molecular formula is C10H15N3O5S2. The number of sulfonamides is 1. The van der Waals surface area contributed by atoms with Crippen LogP contribution in [0.15, 0.2) is 23.2 Å². The van der Waals surface area contributed by atoms with Crippen molar-refractivity contribution in [2.24, 2.45) is 5.14 Å². The number of carbonyl (C=O) groups is 1. The van der Waals surface area contributed by atoms with E-state index < -0.39 is 37.3 Å². The fourth-order valence-corrected chi connectivity index (χ4v) is 3.90. The first kappa shape index (κ1) is 16.5. The largest absolute Gasteiger partial charge is 0.343 e. The molecule has 0 aliphatic heterocycles. The number of carbonyl (C=O) groups excluding carboxylic acids is 1. The maximum Gasteiger partial charge on any atom is 0.271 e. The minimum Gasteiger partial charge on any atom is -0.343 e. The first-order valence-corrected chi connectivity index (χ1v) is 8.80. The van der Waals surface area contributed by atoms with E-state index in [1.54, 1.807) is 0 Å². The summed E-state index contributed by atoms with van der Waals surface area (Å²) in [6, 6.07) is 2.31. The molecule has 0 bridgehead atoms. The van der Waals surface area contributed by atoms with Crippen LogP contribution in [0, 0.1) is 0 Å². The molecule has 1 heterocycles. The van der Waals surface area contributed by atoms with Crippen molar-refractivity contribution >= 4 is 25.8 Å². The Kier molecular flexibility index (Phi) is 4.84. The summed E-state index contributed by atoms with van der Waals surface area (Å²) in [5.74, 6) is -1.78. The molecule has 0 spiro atoms. The Morgan fingerprint density at radius 1 is 1.25 bits per heavy atom. The topological polar surface area (TPSA) is 127 Å². The SMILES string of the molecule is CN(C)C(=O)c1cc(S(=O)(=O)CCS(N)(=O)=O)ccn1. The van der Waals surface area contributed by atoms with E-state index in [0.29, 0.717) is 0 Å². The Hall–Kier alpha value is -1.52. The number of amides is 1. The van der Waals surface area contributed by atoms with Crippen LogP contribution in [0.4, 0.5) is 0 Å². The molecule has 0 aliphatic rings. The van der Waals surface area contributed by atoms with Gasteiger partial charge in [-0.1, -0.05) is 0 Å². The van der Waals surface area contributed by atoms with Gasteiger partial charge in [0.1, 0.15) is 5.69 Å². The normalized spacial score (nSPS) is 12.2. The molecule has 0 aliphatic carbocycles. The Morgan fingerprint density at radius 2 is 1.85 bits per heavy atom. The van der Waals surface area contributed by atoms with Crippen molar-refractivity contribution in [2.45, 2.75) is 4.90 Å². The van der Waals surface area contributed by atoms with Crippen LogP contribution in [-0.2, 0) is 19.9 Å². The number of pyridine rings is 1. The van der Waals surface area contributed by atoms with Crippen LogP contribution >= 0.6 is 0 Å². The molecule has 1 aromatic rings. The van der Waals surface area contributed by atoms with Crippen LogP contribution < -0.4 is 5.14 Å². The molecular weight excluding hydrogens is 306 g/mol. The van der Waals surface area contributed by atoms with Gasteiger partial charge in [-0.2, -0.15) is 0 Å². The molecule has 0 aromatic carbocycles. The smallest absolute Gasteiger partial charge is 0.271 e. The van der Waals surface area contributed by atoms with Crippen molar-refractivity contribution < 1.29 is 21.6 Å². The minimum atomic E-state index is -3.88. The molecule has 112 valence electrons. The second-order valence-corrected chi connectivity index (χ2v) is 8.11. The summed E-state index contributed by atoms with van der Waals surface area (Å²) < 4.78 is 45.5. The Morgan fingerprint density at radius 3 is 2.35 bits per heavy atom. The highest BCUT2D eigenvalue weighted by molar-refractivity contribution is 7.94. The lowest BCUT2D eigenvalue weighted by Gasteiger charge is -2.10. The molecule has 0 atom stereocenters. The average Bonchev–Trinajstić information content (AvgIpc) is 2.35. The number of aromatic nitrogens is 1. The summed E-state index contributed by atoms with van der Waals surface area (Å²) in [6.45, 7) is 0. The van der Waals surface area contributed by atoms with Crippen LogP contribution in [-0.4, -0.2) is 58.2 Å². The summed E-state index contributed by atoms with van der Waals surface area (Å²) in [4.78, 5) is 16.6. The fourth-order valence-electron chi connectivity index (χ4n) is 1.29. The van der Waals surface area contributed by atoms with E-state index in [1.165, 1.54) is 31.3 Å². The van der Waals surface area contributed by atoms with Crippen molar-refractivity contribution in [3.8, 4) is 0 Å². The lowest BCUT2D eigenvalue weighted by molar-refractivity contribution is 0.0821. The van der Waals surface area contributed by atoms with Crippen LogP contribution in [0.1, 0.15) is 10.5 Å². The fraction of sp³-hybridized carbons (Fsp3) is 0.400. The third-order valence-electron chi connectivity index (χ3n) is 2.35. The molecule has 1 rings (SSSR count). The Bertz CT molecular complexity index is 710. The van der Waals surface area contributed by atoms with Crippen molar-refractivity contribution in [3.63, 3.8) is 0 Å². The number of rotatable bonds is 5. The number of sulfone groups is 1. The van der Waals surface area contributed by atoms with Gasteiger partial charge in [0.2, 0.25) is 10.0 Å². The zero-order valence-corrected chi connectivity index (χ0v) is 12.6. The van der Waals surface area contributed by atoms with Crippen LogP contribution in [0.2, 0.25) is 0 Å². The summed E-state index contributed by atoms with van der Waals surface area (Å²) in [5.41, 5.74) is -0.0355. The zero-order chi connectivity index (χ0) is 15.6. The Balaban J connectivity index is 3.08. The van der Waals surface area contributed by atoms with Gasteiger partial charge in [0.05, 0.1) is 16.4 Å². The summed E-state index contributed by atoms with van der Waals surface area (Å²) in [7, 11) is -4.71. The van der Waals surface area contributed by atoms with Gasteiger partial charge in [-0.05, 0) is 12.1 Å². The highest BCUT2D eigenvalue weighted by Gasteiger charge is 2.20. The van der Waals surface area contributed by atoms with Crippen molar-refractivity contribution in [2.75, 3.05) is 25.6 Å². The zero-order valence-electron chi connectivity index (χ0n) is 11.0. The minimum absolute atomic E-state index is 0.0355. The van der Waals surface area contributed by atoms with Gasteiger partial charge in [0.15, 0.2) is 9.84 Å². The molecule has 1 aromatic heterocycles. The van der Waals surface area contributed by atoms with Gasteiger partial charge in [0.25, 0.3) is 5.91 Å². The van der Waals surface area contributed by atoms with E-state index in [9.17, 15) is 21.6 Å². The van der Waals surface area contributed by atoms with E-state index in [2.05, 4.69) is 4.98 Å². The highest BCUT2D eigenvalue weighted by Crippen LogP contribution is 2.12. The summed E-state index contributed by atoms with van der Waals surface area (Å²) >= 11 is 0. The molecule has 8 nitrogen and oxygen atoms in total. The van der Waals surface area contributed by atoms with Crippen LogP contribution in [0.3, 0.4) is 0 Å². The molecule has 0 unspecified atom stereocenters. The molecule has 10 heteroatoms. The highest BCUT2D eigenvalue weighted by atomic mass is 32.2. The standard InChI is InChI=1S/C10H15N3O5S2/c1-13(2)10(14)9-7-8(3-4-12-9)19(15,16)5-6-20(11,17)18/h3-4,7H,5-6H2,1-2H3,(H2,11,17,18). The van der Waals surface area contributed by atoms with E-state index in [4.69, 9.17) is 5.14 Å². The predicted molar refractivity (Wildman–Crippen MR) is 72.3 cm³/mol. The van der Waals surface area contributed by atoms with E-state index in [1.807, 2.05) is 0 Å². The maximum absolute atomic E-state index is 12.0. The number of hydrogen-bond acceptors (Lipinski definition) is 6. The monoisotopic (exact) mass is 321 g/mol. The van der Waals surface area contributed by atoms with Gasteiger partial charge in [-0.25, -0.2) is 22.0 Å². The van der Waals surface area contributed by atoms with Gasteiger partial charge in [-0.15, -0.1) is 0 Å². The van der Waals surface area contributed by atoms with E-state index >= 15 is 0 Å². The van der Waals surface area contributed by atoms with Gasteiger partial charge >= 0.3 is 0 Å². The third kappa shape index (κ3) is 4.54. The van der Waals surface area contributed by atoms with Crippen LogP contribution in [0.5, 0.6) is 0 Å². The number of nitrogens with zero attached hydrogens (tertiary/aromatic N) is 2. The average molecular weight is 321 g/mol. The lowest BCUT2D eigenvalue weighted by Crippen LogP contribution is -2.25. The van der Waals surface area contributed by atoms with Gasteiger partial charge in [0, 0.05) is 20.3 Å². The molecule has 0 saturated carbocycles. The second kappa shape index (κ2) is 5.85. The molecule has 0 fully saturated rings. The number of hydrogen-bond donors (Lipinski definition) is 1. The molecule has 2 N–H and O–H groups in total. The predicted octanol–water partition coefficient (Wildman–Crippen LogP) is -1.15. The van der Waals surface area contributed by atoms with Gasteiger partial charge < -0.3 is 4.90 Å². The third-order valence-corrected chi connectivity index (χ3v) is 5.10. The van der Waals surface area contributed by atoms with E-state index in [0.717, 1.165) is 6.07 Å². The lowest BCUT2D eigenvalue weighted by atomic mass is 10.3. The van der Waals surface area contributed by atoms with Gasteiger partial charge in [-0.3, -0.25) is 9.78 Å². The van der Waals surface area contributed by atoms with Crippen LogP contribution in [0.25, 0.3) is 0 Å². The Labute approximate surface area is 117 Å². The van der Waals surface area contributed by atoms with Crippen molar-refractivity contribution in [3.05, 3.63) is 24.0 Å². The van der Waals surface area contributed by atoms with Crippen molar-refractivity contribution in [1.29, 1.82) is 0 Å². The first-order chi connectivity index (χ1) is 9.03. The molecule has 20 heavy (non-hydrogen) atoms. The van der Waals surface area contributed by atoms with E-state index in [-0.39, 0.29) is 10.6 Å². The molecule has 0 radical (unpaired) electrons. The maximum atomic E-state index is 12.0. The summed E-state index contributed by atoms with van der Waals surface area (Å²) in [6.07, 6.45) is 1.18. The quantitative estimate of drug-likeness (QED) is 0.729. The van der Waals surface area contributed by atoms with Crippen molar-refractivity contribution in [1.82, 2.24) is 9.88 Å². The summed E-state index contributed by atoms with van der Waals surface area (Å²) in [5, 5.41) is 4.77. The number of primary sulfonamides is 1. The number of nitrogens with two attached hydrogens (primary N) is 1. The second-order valence-electron chi connectivity index (χ2n) is 4.26. The molecule has 0 saturated heterocycles.